The Kier molecular flexibility index (Phi) is 5.96. The molecule has 1 aliphatic heterocycles. The van der Waals surface area contributed by atoms with Crippen LogP contribution in [0.25, 0.3) is 0 Å². The van der Waals surface area contributed by atoms with Crippen molar-refractivity contribution in [3.05, 3.63) is 17.5 Å². The monoisotopic (exact) mass is 360 g/mol. The molecule has 7 heteroatoms. The second kappa shape index (κ2) is 8.20. The molecule has 0 radical (unpaired) electrons. The molecule has 3 atom stereocenters. The van der Waals surface area contributed by atoms with Crippen LogP contribution in [0.1, 0.15) is 44.9 Å². The van der Waals surface area contributed by atoms with E-state index < -0.39 is 0 Å². The summed E-state index contributed by atoms with van der Waals surface area (Å²) in [6, 6.07) is 0.755. The SMILES string of the molecule is CCCN1C[C@@H](NC(=O)N(CC)CC)C[C@@H]2Cc3nc(N)ncc3CC21. The molecule has 0 bridgehead atoms. The van der Waals surface area contributed by atoms with E-state index in [0.29, 0.717) is 17.9 Å². The zero-order valence-electron chi connectivity index (χ0n) is 16.2. The van der Waals surface area contributed by atoms with E-state index in [1.807, 2.05) is 24.9 Å². The van der Waals surface area contributed by atoms with Gasteiger partial charge in [-0.2, -0.15) is 0 Å². The first-order valence-electron chi connectivity index (χ1n) is 9.95. The third-order valence-corrected chi connectivity index (χ3v) is 5.80. The fourth-order valence-corrected chi connectivity index (χ4v) is 4.53. The molecule has 1 aromatic heterocycles. The van der Waals surface area contributed by atoms with Crippen molar-refractivity contribution in [2.24, 2.45) is 5.92 Å². The van der Waals surface area contributed by atoms with Crippen molar-refractivity contribution >= 4 is 12.0 Å². The first-order valence-corrected chi connectivity index (χ1v) is 9.95. The molecule has 144 valence electrons. The van der Waals surface area contributed by atoms with E-state index in [2.05, 4.69) is 27.1 Å². The van der Waals surface area contributed by atoms with Gasteiger partial charge in [0.1, 0.15) is 0 Å². The van der Waals surface area contributed by atoms with Gasteiger partial charge in [0.15, 0.2) is 0 Å². The van der Waals surface area contributed by atoms with Crippen LogP contribution in [0.15, 0.2) is 6.20 Å². The molecule has 1 unspecified atom stereocenters. The van der Waals surface area contributed by atoms with Crippen LogP contribution in [0.3, 0.4) is 0 Å². The number of amides is 2. The summed E-state index contributed by atoms with van der Waals surface area (Å²) in [7, 11) is 0. The van der Waals surface area contributed by atoms with E-state index in [-0.39, 0.29) is 12.1 Å². The molecule has 0 aromatic carbocycles. The second-order valence-corrected chi connectivity index (χ2v) is 7.49. The van der Waals surface area contributed by atoms with Gasteiger partial charge in [0.05, 0.1) is 0 Å². The quantitative estimate of drug-likeness (QED) is 0.834. The summed E-state index contributed by atoms with van der Waals surface area (Å²) in [5.74, 6) is 0.855. The number of hydrogen-bond donors (Lipinski definition) is 2. The number of nitrogens with one attached hydrogen (secondary N) is 1. The van der Waals surface area contributed by atoms with E-state index in [9.17, 15) is 4.79 Å². The molecule has 3 N–H and O–H groups in total. The molecule has 2 aliphatic rings. The van der Waals surface area contributed by atoms with E-state index in [1.165, 1.54) is 5.56 Å². The number of hydrogen-bond acceptors (Lipinski definition) is 5. The summed E-state index contributed by atoms with van der Waals surface area (Å²) in [5.41, 5.74) is 8.10. The largest absolute Gasteiger partial charge is 0.368 e. The highest BCUT2D eigenvalue weighted by atomic mass is 16.2. The number of nitrogen functional groups attached to an aromatic ring is 1. The van der Waals surface area contributed by atoms with Crippen molar-refractivity contribution in [1.29, 1.82) is 0 Å². The molecule has 7 nitrogen and oxygen atoms in total. The molecule has 1 fully saturated rings. The fraction of sp³-hybridized carbons (Fsp3) is 0.737. The molecular formula is C19H32N6O. The summed E-state index contributed by atoms with van der Waals surface area (Å²) < 4.78 is 0. The maximum absolute atomic E-state index is 12.5. The van der Waals surface area contributed by atoms with Gasteiger partial charge in [0.2, 0.25) is 5.95 Å². The van der Waals surface area contributed by atoms with Crippen LogP contribution >= 0.6 is 0 Å². The van der Waals surface area contributed by atoms with E-state index in [0.717, 1.165) is 57.6 Å². The summed E-state index contributed by atoms with van der Waals surface area (Å²) in [6.07, 6.45) is 5.92. The van der Waals surface area contributed by atoms with Crippen LogP contribution in [0.4, 0.5) is 10.7 Å². The van der Waals surface area contributed by atoms with Crippen LogP contribution in [-0.2, 0) is 12.8 Å². The minimum atomic E-state index is 0.0534. The molecule has 0 spiro atoms. The lowest BCUT2D eigenvalue weighted by Gasteiger charge is -2.47. The van der Waals surface area contributed by atoms with Crippen molar-refractivity contribution < 1.29 is 4.79 Å². The standard InChI is InChI=1S/C19H32N6O/c1-4-7-25-12-15(22-19(26)24(5-2)6-3)8-13-9-16-14(10-17(13)25)11-21-18(20)23-16/h11,13,15,17H,4-10,12H2,1-3H3,(H,22,26)(H2,20,21,23)/t13-,15+,17?/m1/s1. The molecular weight excluding hydrogens is 328 g/mol. The Morgan fingerprint density at radius 2 is 2.12 bits per heavy atom. The Bertz CT molecular complexity index is 632. The van der Waals surface area contributed by atoms with Crippen molar-refractivity contribution in [3.63, 3.8) is 0 Å². The van der Waals surface area contributed by atoms with Crippen molar-refractivity contribution in [3.8, 4) is 0 Å². The van der Waals surface area contributed by atoms with Gasteiger partial charge in [-0.15, -0.1) is 0 Å². The lowest BCUT2D eigenvalue weighted by atomic mass is 9.76. The van der Waals surface area contributed by atoms with Crippen LogP contribution in [-0.4, -0.2) is 64.1 Å². The topological polar surface area (TPSA) is 87.4 Å². The number of nitrogens with zero attached hydrogens (tertiary/aromatic N) is 4. The average Bonchev–Trinajstić information content (AvgIpc) is 2.61. The van der Waals surface area contributed by atoms with Gasteiger partial charge in [0, 0.05) is 43.6 Å². The lowest BCUT2D eigenvalue weighted by Crippen LogP contribution is -2.59. The first kappa shape index (κ1) is 18.9. The molecule has 1 aromatic rings. The van der Waals surface area contributed by atoms with Crippen LogP contribution < -0.4 is 11.1 Å². The maximum Gasteiger partial charge on any atom is 0.317 e. The number of urea groups is 1. The van der Waals surface area contributed by atoms with E-state index >= 15 is 0 Å². The normalized spacial score (nSPS) is 25.3. The first-order chi connectivity index (χ1) is 12.5. The van der Waals surface area contributed by atoms with Crippen molar-refractivity contribution in [2.45, 2.75) is 58.5 Å². The summed E-state index contributed by atoms with van der Waals surface area (Å²) >= 11 is 0. The summed E-state index contributed by atoms with van der Waals surface area (Å²) in [4.78, 5) is 25.6. The predicted molar refractivity (Wildman–Crippen MR) is 103 cm³/mol. The van der Waals surface area contributed by atoms with Gasteiger partial charge in [-0.05, 0) is 57.6 Å². The minimum absolute atomic E-state index is 0.0534. The fourth-order valence-electron chi connectivity index (χ4n) is 4.53. The number of nitrogens with two attached hydrogens (primary N) is 1. The molecule has 0 saturated carbocycles. The predicted octanol–water partition coefficient (Wildman–Crippen LogP) is 1.68. The van der Waals surface area contributed by atoms with Gasteiger partial charge in [0.25, 0.3) is 0 Å². The second-order valence-electron chi connectivity index (χ2n) is 7.49. The number of carbonyl (C=O) groups is 1. The Hall–Kier alpha value is -1.89. The van der Waals surface area contributed by atoms with Crippen molar-refractivity contribution in [2.75, 3.05) is 31.9 Å². The number of fused-ring (bicyclic) bond motifs is 2. The van der Waals surface area contributed by atoms with Gasteiger partial charge in [-0.3, -0.25) is 4.90 Å². The van der Waals surface area contributed by atoms with Crippen LogP contribution in [0.2, 0.25) is 0 Å². The number of anilines is 1. The smallest absolute Gasteiger partial charge is 0.317 e. The number of piperidine rings is 1. The number of carbonyl (C=O) groups excluding carboxylic acids is 1. The molecule has 3 rings (SSSR count). The van der Waals surface area contributed by atoms with E-state index in [4.69, 9.17) is 5.73 Å². The highest BCUT2D eigenvalue weighted by molar-refractivity contribution is 5.74. The maximum atomic E-state index is 12.5. The van der Waals surface area contributed by atoms with Crippen molar-refractivity contribution in [1.82, 2.24) is 25.1 Å². The molecule has 1 saturated heterocycles. The van der Waals surface area contributed by atoms with Gasteiger partial charge in [-0.25, -0.2) is 14.8 Å². The minimum Gasteiger partial charge on any atom is -0.368 e. The summed E-state index contributed by atoms with van der Waals surface area (Å²) in [6.45, 7) is 9.72. The lowest BCUT2D eigenvalue weighted by molar-refractivity contribution is 0.0627. The Labute approximate surface area is 156 Å². The van der Waals surface area contributed by atoms with Gasteiger partial charge in [-0.1, -0.05) is 6.92 Å². The Morgan fingerprint density at radius 3 is 2.81 bits per heavy atom. The number of aromatic nitrogens is 2. The number of rotatable bonds is 5. The average molecular weight is 361 g/mol. The Balaban J connectivity index is 1.75. The van der Waals surface area contributed by atoms with E-state index in [1.54, 1.807) is 0 Å². The Morgan fingerprint density at radius 1 is 1.35 bits per heavy atom. The summed E-state index contributed by atoms with van der Waals surface area (Å²) in [5, 5.41) is 3.27. The zero-order valence-corrected chi connectivity index (χ0v) is 16.2. The molecule has 26 heavy (non-hydrogen) atoms. The van der Waals surface area contributed by atoms with Gasteiger partial charge < -0.3 is 16.0 Å². The highest BCUT2D eigenvalue weighted by Crippen LogP contribution is 2.34. The third kappa shape index (κ3) is 3.92. The van der Waals surface area contributed by atoms with Crippen LogP contribution in [0, 0.1) is 5.92 Å². The zero-order chi connectivity index (χ0) is 18.7. The number of likely N-dealkylation sites (tertiary alicyclic amines) is 1. The van der Waals surface area contributed by atoms with Gasteiger partial charge >= 0.3 is 6.03 Å². The highest BCUT2D eigenvalue weighted by Gasteiger charge is 2.40. The molecule has 2 amide bonds. The molecule has 2 heterocycles. The van der Waals surface area contributed by atoms with Crippen LogP contribution in [0.5, 0.6) is 0 Å². The molecule has 1 aliphatic carbocycles. The third-order valence-electron chi connectivity index (χ3n) is 5.80.